The molecule has 2 aromatic rings. The van der Waals surface area contributed by atoms with Gasteiger partial charge in [-0.2, -0.15) is 5.10 Å². The molecule has 1 aliphatic rings. The molecule has 0 aliphatic carbocycles. The van der Waals surface area contributed by atoms with E-state index in [4.69, 9.17) is 34.8 Å². The lowest BCUT2D eigenvalue weighted by molar-refractivity contribution is -0.133. The number of aliphatic carboxylic acids is 1. The fraction of sp³-hybridized carbons (Fsp3) is 0.250. The van der Waals surface area contributed by atoms with Crippen molar-refractivity contribution in [2.24, 2.45) is 0 Å². The van der Waals surface area contributed by atoms with Crippen molar-refractivity contribution in [2.75, 3.05) is 5.32 Å². The molecule has 0 fully saturated rings. The van der Waals surface area contributed by atoms with Crippen LogP contribution >= 0.6 is 34.8 Å². The third-order valence-corrected chi connectivity index (χ3v) is 4.97. The van der Waals surface area contributed by atoms with Crippen LogP contribution in [0.4, 0.5) is 5.82 Å². The van der Waals surface area contributed by atoms with E-state index in [1.165, 1.54) is 6.07 Å². The van der Waals surface area contributed by atoms with Gasteiger partial charge in [0.25, 0.3) is 0 Å². The molecule has 0 saturated carbocycles. The second-order valence-electron chi connectivity index (χ2n) is 5.50. The topological polar surface area (TPSA) is 78.0 Å². The van der Waals surface area contributed by atoms with Crippen LogP contribution < -0.4 is 5.32 Å². The number of carboxylic acid groups (broad SMARTS) is 1. The maximum absolute atomic E-state index is 12.0. The van der Waals surface area contributed by atoms with E-state index in [1.54, 1.807) is 12.3 Å². The Morgan fingerprint density at radius 1 is 1.29 bits per heavy atom. The van der Waals surface area contributed by atoms with Gasteiger partial charge in [0, 0.05) is 22.2 Å². The lowest BCUT2D eigenvalue weighted by Gasteiger charge is -2.28. The fourth-order valence-electron chi connectivity index (χ4n) is 2.97. The SMILES string of the molecule is CCCC1=C(C(=O)O)C(c2cc(Cl)cc(Cl)c2Cl)c2cn[nH]c2N1. The van der Waals surface area contributed by atoms with Crippen molar-refractivity contribution in [3.05, 3.63) is 55.8 Å². The molecule has 3 N–H and O–H groups in total. The number of halogens is 3. The molecule has 8 heteroatoms. The number of benzene rings is 1. The lowest BCUT2D eigenvalue weighted by atomic mass is 9.82. The smallest absolute Gasteiger partial charge is 0.334 e. The van der Waals surface area contributed by atoms with Crippen LogP contribution in [-0.2, 0) is 4.79 Å². The predicted molar refractivity (Wildman–Crippen MR) is 95.1 cm³/mol. The average molecular weight is 387 g/mol. The Bertz CT molecular complexity index is 845. The van der Waals surface area contributed by atoms with Crippen molar-refractivity contribution in [2.45, 2.75) is 25.7 Å². The highest BCUT2D eigenvalue weighted by Gasteiger charge is 2.36. The second-order valence-corrected chi connectivity index (χ2v) is 6.72. The van der Waals surface area contributed by atoms with E-state index < -0.39 is 11.9 Å². The number of nitrogens with one attached hydrogen (secondary N) is 2. The van der Waals surface area contributed by atoms with Crippen molar-refractivity contribution >= 4 is 46.6 Å². The van der Waals surface area contributed by atoms with Gasteiger partial charge in [-0.25, -0.2) is 4.79 Å². The first-order valence-corrected chi connectivity index (χ1v) is 8.48. The first-order chi connectivity index (χ1) is 11.4. The molecule has 0 amide bonds. The summed E-state index contributed by atoms with van der Waals surface area (Å²) < 4.78 is 0. The Morgan fingerprint density at radius 3 is 2.71 bits per heavy atom. The standard InChI is InChI=1S/C16H14Cl3N3O2/c1-2-3-11-13(16(23)24)12(9-6-20-22-15(9)21-11)8-4-7(17)5-10(18)14(8)19/h4-6,12H,2-3H2,1H3,(H,23,24)(H2,20,21,22). The summed E-state index contributed by atoms with van der Waals surface area (Å²) in [6.07, 6.45) is 2.96. The largest absolute Gasteiger partial charge is 0.478 e. The number of carboxylic acids is 1. The van der Waals surface area contributed by atoms with Gasteiger partial charge in [-0.1, -0.05) is 48.1 Å². The Hall–Kier alpha value is -1.69. The van der Waals surface area contributed by atoms with E-state index in [2.05, 4.69) is 15.5 Å². The minimum Gasteiger partial charge on any atom is -0.478 e. The van der Waals surface area contributed by atoms with Crippen molar-refractivity contribution in [1.29, 1.82) is 0 Å². The summed E-state index contributed by atoms with van der Waals surface area (Å²) in [7, 11) is 0. The zero-order valence-corrected chi connectivity index (χ0v) is 14.9. The molecule has 1 aliphatic heterocycles. The molecule has 0 radical (unpaired) electrons. The molecular weight excluding hydrogens is 373 g/mol. The number of hydrogen-bond donors (Lipinski definition) is 3. The highest BCUT2D eigenvalue weighted by Crippen LogP contribution is 2.46. The number of carbonyl (C=O) groups is 1. The molecular formula is C16H14Cl3N3O2. The summed E-state index contributed by atoms with van der Waals surface area (Å²) in [6.45, 7) is 1.98. The number of allylic oxidation sites excluding steroid dienone is 1. The molecule has 1 atom stereocenters. The quantitative estimate of drug-likeness (QED) is 0.641. The highest BCUT2D eigenvalue weighted by atomic mass is 35.5. The molecule has 1 aromatic carbocycles. The third-order valence-electron chi connectivity index (χ3n) is 3.93. The van der Waals surface area contributed by atoms with Crippen LogP contribution in [0.2, 0.25) is 15.1 Å². The normalized spacial score (nSPS) is 16.8. The minimum atomic E-state index is -1.02. The van der Waals surface area contributed by atoms with Crippen LogP contribution in [0.5, 0.6) is 0 Å². The molecule has 2 heterocycles. The summed E-state index contributed by atoms with van der Waals surface area (Å²) in [5.41, 5.74) is 2.08. The van der Waals surface area contributed by atoms with Gasteiger partial charge in [0.15, 0.2) is 0 Å². The molecule has 0 saturated heterocycles. The van der Waals surface area contributed by atoms with E-state index >= 15 is 0 Å². The summed E-state index contributed by atoms with van der Waals surface area (Å²) >= 11 is 18.6. The van der Waals surface area contributed by atoms with Gasteiger partial charge in [-0.05, 0) is 24.1 Å². The molecule has 1 unspecified atom stereocenters. The molecule has 126 valence electrons. The van der Waals surface area contributed by atoms with Gasteiger partial charge >= 0.3 is 5.97 Å². The number of rotatable bonds is 4. The zero-order valence-electron chi connectivity index (χ0n) is 12.7. The van der Waals surface area contributed by atoms with Crippen molar-refractivity contribution in [3.8, 4) is 0 Å². The number of hydrogen-bond acceptors (Lipinski definition) is 3. The molecule has 0 bridgehead atoms. The lowest BCUT2D eigenvalue weighted by Crippen LogP contribution is -2.23. The van der Waals surface area contributed by atoms with Crippen LogP contribution in [-0.4, -0.2) is 21.3 Å². The van der Waals surface area contributed by atoms with Gasteiger partial charge < -0.3 is 10.4 Å². The second kappa shape index (κ2) is 6.67. The Morgan fingerprint density at radius 2 is 2.04 bits per heavy atom. The van der Waals surface area contributed by atoms with Gasteiger partial charge in [-0.3, -0.25) is 5.10 Å². The van der Waals surface area contributed by atoms with Gasteiger partial charge in [0.1, 0.15) is 5.82 Å². The Balaban J connectivity index is 2.29. The maximum Gasteiger partial charge on any atom is 0.334 e. The number of fused-ring (bicyclic) bond motifs is 1. The number of anilines is 1. The number of H-pyrrole nitrogens is 1. The van der Waals surface area contributed by atoms with Crippen molar-refractivity contribution in [1.82, 2.24) is 10.2 Å². The van der Waals surface area contributed by atoms with E-state index in [-0.39, 0.29) is 15.6 Å². The predicted octanol–water partition coefficient (Wildman–Crippen LogP) is 5.07. The summed E-state index contributed by atoms with van der Waals surface area (Å²) in [5, 5.41) is 20.8. The van der Waals surface area contributed by atoms with E-state index in [0.29, 0.717) is 34.1 Å². The molecule has 0 spiro atoms. The van der Waals surface area contributed by atoms with Crippen LogP contribution in [0.15, 0.2) is 29.6 Å². The molecule has 3 rings (SSSR count). The van der Waals surface area contributed by atoms with Crippen molar-refractivity contribution < 1.29 is 9.90 Å². The minimum absolute atomic E-state index is 0.228. The monoisotopic (exact) mass is 385 g/mol. The number of aromatic amines is 1. The summed E-state index contributed by atoms with van der Waals surface area (Å²) in [4.78, 5) is 12.0. The zero-order chi connectivity index (χ0) is 17.4. The van der Waals surface area contributed by atoms with Crippen molar-refractivity contribution in [3.63, 3.8) is 0 Å². The van der Waals surface area contributed by atoms with E-state index in [9.17, 15) is 9.90 Å². The maximum atomic E-state index is 12.0. The van der Waals surface area contributed by atoms with Crippen LogP contribution in [0.25, 0.3) is 0 Å². The molecule has 24 heavy (non-hydrogen) atoms. The number of nitrogens with zero attached hydrogens (tertiary/aromatic N) is 1. The average Bonchev–Trinajstić information content (AvgIpc) is 2.97. The highest BCUT2D eigenvalue weighted by molar-refractivity contribution is 6.43. The first-order valence-electron chi connectivity index (χ1n) is 7.35. The summed E-state index contributed by atoms with van der Waals surface area (Å²) in [6, 6.07) is 3.18. The Labute approximate surface area is 153 Å². The van der Waals surface area contributed by atoms with Crippen LogP contribution in [0.1, 0.15) is 36.8 Å². The molecule has 5 nitrogen and oxygen atoms in total. The van der Waals surface area contributed by atoms with Gasteiger partial charge in [-0.15, -0.1) is 0 Å². The number of aromatic nitrogens is 2. The first kappa shape index (κ1) is 17.1. The fourth-order valence-corrected chi connectivity index (χ4v) is 3.70. The summed E-state index contributed by atoms with van der Waals surface area (Å²) in [5.74, 6) is -0.974. The Kier molecular flexibility index (Phi) is 4.76. The molecule has 1 aromatic heterocycles. The van der Waals surface area contributed by atoms with Gasteiger partial charge in [0.2, 0.25) is 0 Å². The van der Waals surface area contributed by atoms with Crippen LogP contribution in [0, 0.1) is 0 Å². The van der Waals surface area contributed by atoms with Gasteiger partial charge in [0.05, 0.1) is 21.8 Å². The third kappa shape index (κ3) is 2.88. The van der Waals surface area contributed by atoms with E-state index in [1.807, 2.05) is 6.92 Å². The van der Waals surface area contributed by atoms with Crippen LogP contribution in [0.3, 0.4) is 0 Å². The van der Waals surface area contributed by atoms with E-state index in [0.717, 1.165) is 6.42 Å².